The van der Waals surface area contributed by atoms with Crippen molar-refractivity contribution in [3.8, 4) is 16.8 Å². The lowest BCUT2D eigenvalue weighted by Crippen LogP contribution is -2.15. The molecule has 4 heterocycles. The van der Waals surface area contributed by atoms with Crippen LogP contribution in [0.2, 0.25) is 0 Å². The number of ketones is 1. The first-order valence-corrected chi connectivity index (χ1v) is 14.5. The predicted octanol–water partition coefficient (Wildman–Crippen LogP) is 5.91. The molecule has 0 saturated heterocycles. The van der Waals surface area contributed by atoms with Crippen molar-refractivity contribution >= 4 is 44.5 Å². The molecule has 7 rings (SSSR count). The van der Waals surface area contributed by atoms with Crippen molar-refractivity contribution in [2.45, 2.75) is 18.7 Å². The van der Waals surface area contributed by atoms with E-state index in [1.165, 1.54) is 21.0 Å². The summed E-state index contributed by atoms with van der Waals surface area (Å²) in [5.41, 5.74) is 11.5. The molecule has 0 saturated carbocycles. The van der Waals surface area contributed by atoms with Crippen molar-refractivity contribution in [3.63, 3.8) is 0 Å². The third-order valence-corrected chi connectivity index (χ3v) is 8.74. The molecule has 212 valence electrons. The number of halogens is 1. The normalized spacial score (nSPS) is 12.3. The Morgan fingerprint density at radius 2 is 1.79 bits per heavy atom. The molecule has 0 radical (unpaired) electrons. The fraction of sp³-hybridized carbons (Fsp3) is 0.0625. The van der Waals surface area contributed by atoms with Crippen LogP contribution in [-0.4, -0.2) is 38.7 Å². The Kier molecular flexibility index (Phi) is 6.24. The van der Waals surface area contributed by atoms with Gasteiger partial charge in [0.1, 0.15) is 23.2 Å². The number of carbonyl (C=O) groups is 1. The third-order valence-electron chi connectivity index (χ3n) is 7.34. The van der Waals surface area contributed by atoms with Crippen molar-refractivity contribution in [2.75, 3.05) is 5.73 Å². The number of aromatic amines is 1. The van der Waals surface area contributed by atoms with E-state index in [-0.39, 0.29) is 17.1 Å². The van der Waals surface area contributed by atoms with Gasteiger partial charge in [0.25, 0.3) is 0 Å². The molecule has 0 aliphatic rings. The van der Waals surface area contributed by atoms with E-state index in [0.29, 0.717) is 32.6 Å². The Hall–Kier alpha value is -5.42. The Morgan fingerprint density at radius 3 is 2.58 bits per heavy atom. The summed E-state index contributed by atoms with van der Waals surface area (Å²) in [6.45, 7) is 3.81. The van der Waals surface area contributed by atoms with Crippen LogP contribution in [0.15, 0.2) is 96.3 Å². The molecule has 0 aliphatic carbocycles. The predicted molar refractivity (Wildman–Crippen MR) is 164 cm³/mol. The van der Waals surface area contributed by atoms with Gasteiger partial charge in [0.05, 0.1) is 45.1 Å². The van der Waals surface area contributed by atoms with Gasteiger partial charge >= 0.3 is 0 Å². The first kappa shape index (κ1) is 26.5. The number of nitrogen functional groups attached to an aromatic ring is 1. The van der Waals surface area contributed by atoms with Gasteiger partial charge in [0, 0.05) is 17.1 Å². The van der Waals surface area contributed by atoms with Crippen LogP contribution in [0.3, 0.4) is 0 Å². The van der Waals surface area contributed by atoms with Crippen molar-refractivity contribution < 1.29 is 13.4 Å². The summed E-state index contributed by atoms with van der Waals surface area (Å²) in [5.74, 6) is -0.0196. The number of nitrogens with zero attached hydrogens (tertiary/aromatic N) is 5. The van der Waals surface area contributed by atoms with Crippen LogP contribution in [0.5, 0.6) is 0 Å². The highest BCUT2D eigenvalue weighted by Gasteiger charge is 2.26. The Morgan fingerprint density at radius 1 is 0.977 bits per heavy atom. The quantitative estimate of drug-likeness (QED) is 0.233. The topological polar surface area (TPSA) is 124 Å². The molecule has 7 aromatic rings. The zero-order valence-electron chi connectivity index (χ0n) is 23.1. The monoisotopic (exact) mass is 589 g/mol. The number of pyridine rings is 1. The van der Waals surface area contributed by atoms with Gasteiger partial charge in [-0.05, 0) is 67.9 Å². The van der Waals surface area contributed by atoms with Crippen LogP contribution in [0.25, 0.3) is 38.8 Å². The van der Waals surface area contributed by atoms with E-state index in [2.05, 4.69) is 20.1 Å². The molecule has 0 bridgehead atoms. The van der Waals surface area contributed by atoms with E-state index in [9.17, 15) is 13.4 Å². The van der Waals surface area contributed by atoms with Gasteiger partial charge in [-0.25, -0.2) is 18.3 Å². The second kappa shape index (κ2) is 10.1. The number of nitrogens with one attached hydrogen (secondary N) is 1. The third kappa shape index (κ3) is 4.50. The summed E-state index contributed by atoms with van der Waals surface area (Å²) in [6.07, 6.45) is 4.06. The van der Waals surface area contributed by atoms with Gasteiger partial charge in [-0.1, -0.05) is 29.8 Å². The fourth-order valence-electron chi connectivity index (χ4n) is 5.18. The number of aryl methyl sites for hydroxylation is 2. The summed E-state index contributed by atoms with van der Waals surface area (Å²) >= 11 is 0. The molecule has 0 aliphatic heterocycles. The maximum Gasteiger partial charge on any atom is 0.215 e. The molecule has 1 atom stereocenters. The van der Waals surface area contributed by atoms with Gasteiger partial charge in [-0.3, -0.25) is 13.8 Å². The Labute approximate surface area is 247 Å². The van der Waals surface area contributed by atoms with Gasteiger partial charge in [0.15, 0.2) is 11.0 Å². The number of fused-ring (bicyclic) bond motifs is 2. The highest BCUT2D eigenvalue weighted by atomic mass is 32.2. The van der Waals surface area contributed by atoms with Crippen LogP contribution >= 0.6 is 0 Å². The number of H-pyrrole nitrogens is 1. The zero-order chi connectivity index (χ0) is 29.8. The van der Waals surface area contributed by atoms with Crippen molar-refractivity contribution in [1.82, 2.24) is 28.7 Å². The summed E-state index contributed by atoms with van der Waals surface area (Å²) in [4.78, 5) is 26.1. The number of aromatic nitrogens is 6. The minimum atomic E-state index is -1.81. The lowest BCUT2D eigenvalue weighted by atomic mass is 10.1. The Balaban J connectivity index is 1.38. The number of anilines is 1. The van der Waals surface area contributed by atoms with Gasteiger partial charge in [-0.2, -0.15) is 5.10 Å². The summed E-state index contributed by atoms with van der Waals surface area (Å²) in [7, 11) is -1.81. The van der Waals surface area contributed by atoms with Crippen LogP contribution in [0.4, 0.5) is 10.2 Å². The molecule has 43 heavy (non-hydrogen) atoms. The molecule has 3 aromatic carbocycles. The number of imidazole rings is 1. The number of benzene rings is 3. The van der Waals surface area contributed by atoms with Crippen LogP contribution < -0.4 is 5.73 Å². The van der Waals surface area contributed by atoms with Crippen LogP contribution in [0, 0.1) is 19.7 Å². The standard InChI is InChI=1S/C32H24FN7O2S/c1-18-3-8-23(9-4-18)43(42)40-29-13-20(24-11-12-35-17-26(24)33)5-6-21(29)14-30(40)31(41)25-16-36-39(32(25)34)22-7-10-27-28(15-22)38-19(2)37-27/h3-17H,34H2,1-2H3,(H,37,38). The molecule has 4 aromatic heterocycles. The lowest BCUT2D eigenvalue weighted by Gasteiger charge is -2.11. The largest absolute Gasteiger partial charge is 0.383 e. The average Bonchev–Trinajstić information content (AvgIpc) is 3.70. The fourth-order valence-corrected chi connectivity index (χ4v) is 6.41. The minimum absolute atomic E-state index is 0.137. The molecule has 0 fully saturated rings. The van der Waals surface area contributed by atoms with E-state index in [1.807, 2.05) is 44.2 Å². The van der Waals surface area contributed by atoms with E-state index in [1.54, 1.807) is 42.5 Å². The molecule has 11 heteroatoms. The summed E-state index contributed by atoms with van der Waals surface area (Å²) in [5, 5.41) is 5.07. The average molecular weight is 590 g/mol. The first-order chi connectivity index (χ1) is 20.8. The van der Waals surface area contributed by atoms with E-state index in [0.717, 1.165) is 28.6 Å². The molecule has 0 amide bonds. The Bertz CT molecular complexity index is 2230. The lowest BCUT2D eigenvalue weighted by molar-refractivity contribution is 0.103. The zero-order valence-corrected chi connectivity index (χ0v) is 23.9. The number of rotatable bonds is 6. The number of carbonyl (C=O) groups excluding carboxylic acids is 1. The van der Waals surface area contributed by atoms with Crippen molar-refractivity contribution in [2.24, 2.45) is 0 Å². The molecule has 1 unspecified atom stereocenters. The molecule has 9 nitrogen and oxygen atoms in total. The second-order valence-electron chi connectivity index (χ2n) is 10.2. The van der Waals surface area contributed by atoms with Gasteiger partial charge in [-0.15, -0.1) is 0 Å². The first-order valence-electron chi connectivity index (χ1n) is 13.4. The van der Waals surface area contributed by atoms with Gasteiger partial charge in [0.2, 0.25) is 5.78 Å². The molecular weight excluding hydrogens is 565 g/mol. The molecular formula is C32H24FN7O2S. The number of nitrogens with two attached hydrogens (primary N) is 1. The van der Waals surface area contributed by atoms with Crippen LogP contribution in [0.1, 0.15) is 27.4 Å². The SMILES string of the molecule is Cc1ccc(S(=O)n2c(C(=O)c3cnn(-c4ccc5nc(C)[nH]c5c4)c3N)cc3ccc(-c4ccncc4F)cc32)cc1. The molecule has 0 spiro atoms. The van der Waals surface area contributed by atoms with E-state index < -0.39 is 22.6 Å². The number of hydrogen-bond acceptors (Lipinski definition) is 6. The highest BCUT2D eigenvalue weighted by molar-refractivity contribution is 7.83. The minimum Gasteiger partial charge on any atom is -0.383 e. The van der Waals surface area contributed by atoms with Crippen molar-refractivity contribution in [1.29, 1.82) is 0 Å². The van der Waals surface area contributed by atoms with E-state index in [4.69, 9.17) is 5.73 Å². The maximum atomic E-state index is 14.7. The maximum absolute atomic E-state index is 14.7. The smallest absolute Gasteiger partial charge is 0.215 e. The van der Waals surface area contributed by atoms with Gasteiger partial charge < -0.3 is 10.7 Å². The number of hydrogen-bond donors (Lipinski definition) is 2. The summed E-state index contributed by atoms with van der Waals surface area (Å²) < 4.78 is 31.7. The van der Waals surface area contributed by atoms with E-state index >= 15 is 0 Å². The van der Waals surface area contributed by atoms with Crippen LogP contribution in [-0.2, 0) is 11.0 Å². The molecule has 3 N–H and O–H groups in total. The van der Waals surface area contributed by atoms with Crippen molar-refractivity contribution in [3.05, 3.63) is 120 Å². The second-order valence-corrected chi connectivity index (χ2v) is 11.6. The highest BCUT2D eigenvalue weighted by Crippen LogP contribution is 2.32. The summed E-state index contributed by atoms with van der Waals surface area (Å²) in [6, 6.07) is 21.3.